The molecule has 0 bridgehead atoms. The van der Waals surface area contributed by atoms with Gasteiger partial charge >= 0.3 is 0 Å². The van der Waals surface area contributed by atoms with Gasteiger partial charge in [-0.05, 0) is 49.3 Å². The van der Waals surface area contributed by atoms with Crippen LogP contribution in [-0.4, -0.2) is 56.6 Å². The number of carbonyl (C=O) groups excluding carboxylic acids is 2. The van der Waals surface area contributed by atoms with Gasteiger partial charge in [-0.2, -0.15) is 5.21 Å². The van der Waals surface area contributed by atoms with Crippen molar-refractivity contribution in [2.45, 2.75) is 44.6 Å². The van der Waals surface area contributed by atoms with Gasteiger partial charge in [-0.3, -0.25) is 14.4 Å². The van der Waals surface area contributed by atoms with Crippen LogP contribution in [-0.2, 0) is 9.59 Å². The van der Waals surface area contributed by atoms with Gasteiger partial charge in [0.1, 0.15) is 0 Å². The van der Waals surface area contributed by atoms with Crippen LogP contribution in [0.15, 0.2) is 24.3 Å². The number of nitrogens with zero attached hydrogens (tertiary/aromatic N) is 3. The first-order valence-electron chi connectivity index (χ1n) is 10.1. The van der Waals surface area contributed by atoms with Crippen molar-refractivity contribution in [1.29, 1.82) is 0 Å². The normalized spacial score (nSPS) is 20.4. The molecule has 0 saturated heterocycles. The molecule has 4 N–H and O–H groups in total. The molecule has 1 heterocycles. The van der Waals surface area contributed by atoms with E-state index in [9.17, 15) is 9.59 Å². The number of nitrogens with one attached hydrogen (secondary N) is 3. The summed E-state index contributed by atoms with van der Waals surface area (Å²) in [4.78, 5) is 33.0. The fourth-order valence-electron chi connectivity index (χ4n) is 3.76. The minimum Gasteiger partial charge on any atom is -0.483 e. The lowest BCUT2D eigenvalue weighted by molar-refractivity contribution is -0.123. The molecule has 10 heteroatoms. The van der Waals surface area contributed by atoms with Crippen molar-refractivity contribution in [1.82, 2.24) is 31.3 Å². The van der Waals surface area contributed by atoms with Gasteiger partial charge in [0.05, 0.1) is 5.56 Å². The van der Waals surface area contributed by atoms with Gasteiger partial charge < -0.3 is 15.7 Å². The lowest BCUT2D eigenvalue weighted by Crippen LogP contribution is -2.41. The Morgan fingerprint density at radius 3 is 2.67 bits per heavy atom. The van der Waals surface area contributed by atoms with Crippen LogP contribution in [0.5, 0.6) is 0 Å². The second-order valence-corrected chi connectivity index (χ2v) is 7.61. The topological polar surface area (TPSA) is 150 Å². The summed E-state index contributed by atoms with van der Waals surface area (Å²) in [6.45, 7) is 0.459. The second-order valence-electron chi connectivity index (χ2n) is 7.61. The number of hydrogen-bond acceptors (Lipinski definition) is 6. The highest BCUT2D eigenvalue weighted by Gasteiger charge is 2.31. The van der Waals surface area contributed by atoms with Crippen molar-refractivity contribution in [3.8, 4) is 11.4 Å². The zero-order valence-electron chi connectivity index (χ0n) is 16.6. The van der Waals surface area contributed by atoms with Crippen LogP contribution >= 0.6 is 0 Å². The van der Waals surface area contributed by atoms with Crippen molar-refractivity contribution in [3.63, 3.8) is 0 Å². The maximum absolute atomic E-state index is 12.8. The van der Waals surface area contributed by atoms with E-state index in [-0.39, 0.29) is 30.2 Å². The fourth-order valence-corrected chi connectivity index (χ4v) is 3.76. The molecule has 2 aliphatic rings. The standard InChI is InChI=1S/C19H24N6O2.CH2O2/c26-18(13-8-9-13)20-11-12-4-3-5-14(10-12)21-19(27)16-7-2-1-6-15(16)17-22-24-25-23-17;2-1-3/h1-2,6-7,12-14H,3-5,8-11H2,(H,20,26)(H,21,27)(H,22,23,24,25);1H,(H,2,3)/t12-,14+;/m1./s1. The highest BCUT2D eigenvalue weighted by atomic mass is 16.3. The molecule has 1 aromatic carbocycles. The number of aromatic amines is 1. The van der Waals surface area contributed by atoms with E-state index >= 15 is 0 Å². The predicted octanol–water partition coefficient (Wildman–Crippen LogP) is 1.38. The maximum Gasteiger partial charge on any atom is 0.290 e. The minimum atomic E-state index is -0.250. The molecule has 2 atom stereocenters. The van der Waals surface area contributed by atoms with Crippen molar-refractivity contribution < 1.29 is 19.5 Å². The van der Waals surface area contributed by atoms with Crippen LogP contribution in [0.2, 0.25) is 0 Å². The van der Waals surface area contributed by atoms with E-state index in [1.165, 1.54) is 0 Å². The zero-order chi connectivity index (χ0) is 21.3. The summed E-state index contributed by atoms with van der Waals surface area (Å²) in [5.41, 5.74) is 1.20. The van der Waals surface area contributed by atoms with Gasteiger partial charge in [0.25, 0.3) is 12.4 Å². The summed E-state index contributed by atoms with van der Waals surface area (Å²) in [5.74, 6) is 1.13. The van der Waals surface area contributed by atoms with Crippen molar-refractivity contribution >= 4 is 18.3 Å². The quantitative estimate of drug-likeness (QED) is 0.522. The van der Waals surface area contributed by atoms with Gasteiger partial charge in [0.15, 0.2) is 0 Å². The van der Waals surface area contributed by atoms with E-state index in [2.05, 4.69) is 31.3 Å². The molecule has 30 heavy (non-hydrogen) atoms. The van der Waals surface area contributed by atoms with E-state index < -0.39 is 0 Å². The van der Waals surface area contributed by atoms with E-state index in [0.29, 0.717) is 29.4 Å². The smallest absolute Gasteiger partial charge is 0.290 e. The highest BCUT2D eigenvalue weighted by molar-refractivity contribution is 6.00. The molecule has 2 saturated carbocycles. The number of benzene rings is 1. The van der Waals surface area contributed by atoms with Crippen molar-refractivity contribution in [2.75, 3.05) is 6.54 Å². The number of aromatic nitrogens is 4. The SMILES string of the molecule is O=C(N[C@H]1CCC[C@@H](CNC(=O)C2CC2)C1)c1ccccc1-c1nn[nH]n1.O=CO. The number of carboxylic acid groups (broad SMARTS) is 1. The third kappa shape index (κ3) is 5.85. The molecule has 2 fully saturated rings. The summed E-state index contributed by atoms with van der Waals surface area (Å²) in [6, 6.07) is 7.39. The Labute approximate surface area is 173 Å². The molecule has 1 aromatic heterocycles. The Balaban J connectivity index is 0.000000806. The van der Waals surface area contributed by atoms with Crippen molar-refractivity contribution in [3.05, 3.63) is 29.8 Å². The first kappa shape index (κ1) is 21.4. The van der Waals surface area contributed by atoms with Crippen LogP contribution in [0.3, 0.4) is 0 Å². The number of carbonyl (C=O) groups is 3. The fraction of sp³-hybridized carbons (Fsp3) is 0.500. The third-order valence-corrected chi connectivity index (χ3v) is 5.39. The molecular formula is C20H26N6O4. The van der Waals surface area contributed by atoms with E-state index in [0.717, 1.165) is 38.5 Å². The Morgan fingerprint density at radius 1 is 1.20 bits per heavy atom. The summed E-state index contributed by atoms with van der Waals surface area (Å²) in [6.07, 6.45) is 6.05. The van der Waals surface area contributed by atoms with Crippen LogP contribution in [0.1, 0.15) is 48.9 Å². The number of H-pyrrole nitrogens is 1. The Hall–Kier alpha value is -3.30. The summed E-state index contributed by atoms with van der Waals surface area (Å²) in [5, 5.41) is 27.1. The molecule has 2 amide bonds. The molecule has 4 rings (SSSR count). The lowest BCUT2D eigenvalue weighted by atomic mass is 9.85. The maximum atomic E-state index is 12.8. The van der Waals surface area contributed by atoms with Gasteiger partial charge in [0, 0.05) is 24.1 Å². The second kappa shape index (κ2) is 10.5. The van der Waals surface area contributed by atoms with Crippen LogP contribution in [0, 0.1) is 11.8 Å². The average molecular weight is 414 g/mol. The highest BCUT2D eigenvalue weighted by Crippen LogP contribution is 2.29. The summed E-state index contributed by atoms with van der Waals surface area (Å²) < 4.78 is 0. The van der Waals surface area contributed by atoms with Gasteiger partial charge in [-0.1, -0.05) is 24.6 Å². The molecule has 10 nitrogen and oxygen atoms in total. The predicted molar refractivity (Wildman–Crippen MR) is 107 cm³/mol. The average Bonchev–Trinajstić information content (AvgIpc) is 3.47. The van der Waals surface area contributed by atoms with Gasteiger partial charge in [-0.25, -0.2) is 0 Å². The first-order valence-corrected chi connectivity index (χ1v) is 10.1. The van der Waals surface area contributed by atoms with Crippen LogP contribution in [0.4, 0.5) is 0 Å². The van der Waals surface area contributed by atoms with Crippen molar-refractivity contribution in [2.24, 2.45) is 11.8 Å². The first-order chi connectivity index (χ1) is 14.6. The molecule has 0 radical (unpaired) electrons. The van der Waals surface area contributed by atoms with Crippen LogP contribution < -0.4 is 10.6 Å². The summed E-state index contributed by atoms with van der Waals surface area (Å²) in [7, 11) is 0. The largest absolute Gasteiger partial charge is 0.483 e. The van der Waals surface area contributed by atoms with E-state index in [1.807, 2.05) is 18.2 Å². The molecule has 2 aromatic rings. The third-order valence-electron chi connectivity index (χ3n) is 5.39. The monoisotopic (exact) mass is 414 g/mol. The molecular weight excluding hydrogens is 388 g/mol. The number of tetrazole rings is 1. The molecule has 0 spiro atoms. The van der Waals surface area contributed by atoms with Crippen LogP contribution in [0.25, 0.3) is 11.4 Å². The summed E-state index contributed by atoms with van der Waals surface area (Å²) >= 11 is 0. The number of rotatable bonds is 6. The Bertz CT molecular complexity index is 853. The zero-order valence-corrected chi connectivity index (χ0v) is 16.6. The molecule has 0 aliphatic heterocycles. The molecule has 160 valence electrons. The Morgan fingerprint density at radius 2 is 1.97 bits per heavy atom. The Kier molecular flexibility index (Phi) is 7.47. The minimum absolute atomic E-state index is 0.118. The number of hydrogen-bond donors (Lipinski definition) is 4. The van der Waals surface area contributed by atoms with E-state index in [1.54, 1.807) is 6.07 Å². The number of amides is 2. The van der Waals surface area contributed by atoms with Gasteiger partial charge in [-0.15, -0.1) is 10.2 Å². The molecule has 2 aliphatic carbocycles. The van der Waals surface area contributed by atoms with Gasteiger partial charge in [0.2, 0.25) is 11.7 Å². The van der Waals surface area contributed by atoms with E-state index in [4.69, 9.17) is 9.90 Å². The molecule has 0 unspecified atom stereocenters. The lowest BCUT2D eigenvalue weighted by Gasteiger charge is -2.30.